The zero-order valence-corrected chi connectivity index (χ0v) is 11.3. The number of likely N-dealkylation sites (tertiary alicyclic amines) is 1. The Bertz CT molecular complexity index is 462. The first-order chi connectivity index (χ1) is 9.58. The highest BCUT2D eigenvalue weighted by molar-refractivity contribution is 5.82. The van der Waals surface area contributed by atoms with E-state index in [1.165, 1.54) is 11.3 Å². The van der Waals surface area contributed by atoms with Gasteiger partial charge in [0.25, 0.3) is 0 Å². The van der Waals surface area contributed by atoms with Gasteiger partial charge in [0.2, 0.25) is 6.39 Å². The summed E-state index contributed by atoms with van der Waals surface area (Å²) in [5.41, 5.74) is 0. The van der Waals surface area contributed by atoms with E-state index >= 15 is 0 Å². The van der Waals surface area contributed by atoms with Crippen molar-refractivity contribution in [1.82, 2.24) is 20.4 Å². The van der Waals surface area contributed by atoms with E-state index in [-0.39, 0.29) is 6.03 Å². The Labute approximate surface area is 116 Å². The molecule has 0 aromatic carbocycles. The Morgan fingerprint density at radius 2 is 2.40 bits per heavy atom. The molecule has 0 radical (unpaired) electrons. The molecular weight excluding hydrogens is 264 g/mol. The van der Waals surface area contributed by atoms with Crippen molar-refractivity contribution < 1.29 is 19.2 Å². The van der Waals surface area contributed by atoms with Gasteiger partial charge in [0.15, 0.2) is 5.82 Å². The van der Waals surface area contributed by atoms with E-state index in [0.717, 1.165) is 6.42 Å². The summed E-state index contributed by atoms with van der Waals surface area (Å²) in [5, 5.41) is 15.5. The fourth-order valence-corrected chi connectivity index (χ4v) is 2.30. The Kier molecular flexibility index (Phi) is 4.54. The number of carboxylic acids is 1. The first kappa shape index (κ1) is 14.3. The number of aliphatic carboxylic acids is 1. The van der Waals surface area contributed by atoms with E-state index in [1.807, 2.05) is 6.92 Å². The second-order valence-corrected chi connectivity index (χ2v) is 5.01. The normalized spacial score (nSPS) is 22.6. The molecular formula is C12H18N4O4. The lowest BCUT2D eigenvalue weighted by Crippen LogP contribution is -2.53. The zero-order valence-electron chi connectivity index (χ0n) is 11.3. The number of hydrogen-bond acceptors (Lipinski definition) is 5. The van der Waals surface area contributed by atoms with Crippen molar-refractivity contribution in [2.24, 2.45) is 5.92 Å². The van der Waals surface area contributed by atoms with Crippen LogP contribution in [0.15, 0.2) is 10.9 Å². The van der Waals surface area contributed by atoms with Crippen LogP contribution in [0.5, 0.6) is 0 Å². The third-order valence-electron chi connectivity index (χ3n) is 3.44. The number of carbonyl (C=O) groups is 2. The van der Waals surface area contributed by atoms with Gasteiger partial charge in [-0.15, -0.1) is 0 Å². The second kappa shape index (κ2) is 6.36. The summed E-state index contributed by atoms with van der Waals surface area (Å²) < 4.78 is 4.59. The van der Waals surface area contributed by atoms with Crippen LogP contribution in [0.4, 0.5) is 4.79 Å². The van der Waals surface area contributed by atoms with Gasteiger partial charge in [0, 0.05) is 19.5 Å². The highest BCUT2D eigenvalue weighted by Crippen LogP contribution is 2.22. The number of nitrogens with zero attached hydrogens (tertiary/aromatic N) is 3. The van der Waals surface area contributed by atoms with Crippen molar-refractivity contribution >= 4 is 12.0 Å². The maximum atomic E-state index is 12.0. The van der Waals surface area contributed by atoms with Gasteiger partial charge in [-0.2, -0.15) is 4.98 Å². The summed E-state index contributed by atoms with van der Waals surface area (Å²) in [7, 11) is 0. The minimum atomic E-state index is -0.954. The largest absolute Gasteiger partial charge is 0.480 e. The summed E-state index contributed by atoms with van der Waals surface area (Å²) in [5.74, 6) is -0.128. The molecule has 0 bridgehead atoms. The molecule has 1 aliphatic rings. The smallest absolute Gasteiger partial charge is 0.326 e. The highest BCUT2D eigenvalue weighted by Gasteiger charge is 2.34. The molecule has 0 aliphatic carbocycles. The summed E-state index contributed by atoms with van der Waals surface area (Å²) >= 11 is 0. The molecule has 1 aromatic rings. The molecule has 2 atom stereocenters. The number of rotatable bonds is 4. The van der Waals surface area contributed by atoms with Crippen molar-refractivity contribution in [1.29, 1.82) is 0 Å². The SMILES string of the molecule is CC1CCN(C(=O)NCCc2ncon2)C(C(=O)O)C1. The Balaban J connectivity index is 1.85. The van der Waals surface area contributed by atoms with Gasteiger partial charge in [-0.3, -0.25) is 0 Å². The van der Waals surface area contributed by atoms with Crippen molar-refractivity contribution in [2.45, 2.75) is 32.2 Å². The molecule has 8 heteroatoms. The van der Waals surface area contributed by atoms with Crippen molar-refractivity contribution in [3.8, 4) is 0 Å². The number of aromatic nitrogens is 2. The van der Waals surface area contributed by atoms with Gasteiger partial charge < -0.3 is 19.8 Å². The predicted molar refractivity (Wildman–Crippen MR) is 67.9 cm³/mol. The predicted octanol–water partition coefficient (Wildman–Crippen LogP) is 0.507. The van der Waals surface area contributed by atoms with Crippen LogP contribution in [0.25, 0.3) is 0 Å². The molecule has 8 nitrogen and oxygen atoms in total. The van der Waals surface area contributed by atoms with Crippen LogP contribution in [0.1, 0.15) is 25.6 Å². The molecule has 1 saturated heterocycles. The number of amides is 2. The van der Waals surface area contributed by atoms with Gasteiger partial charge in [-0.05, 0) is 18.8 Å². The molecule has 2 rings (SSSR count). The van der Waals surface area contributed by atoms with E-state index in [4.69, 9.17) is 0 Å². The van der Waals surface area contributed by atoms with E-state index in [2.05, 4.69) is 20.0 Å². The van der Waals surface area contributed by atoms with Gasteiger partial charge >= 0.3 is 12.0 Å². The van der Waals surface area contributed by atoms with Gasteiger partial charge in [0.1, 0.15) is 6.04 Å². The summed E-state index contributed by atoms with van der Waals surface area (Å²) in [6, 6.07) is -1.10. The fraction of sp³-hybridized carbons (Fsp3) is 0.667. The Morgan fingerprint density at radius 3 is 3.05 bits per heavy atom. The standard InChI is InChI=1S/C12H18N4O4/c1-8-3-5-16(9(6-8)11(17)18)12(19)13-4-2-10-14-7-20-15-10/h7-9H,2-6H2,1H3,(H,13,19)(H,17,18). The molecule has 0 spiro atoms. The van der Waals surface area contributed by atoms with Crippen LogP contribution < -0.4 is 5.32 Å². The Hall–Kier alpha value is -2.12. The van der Waals surface area contributed by atoms with Crippen LogP contribution in [0.3, 0.4) is 0 Å². The van der Waals surface area contributed by atoms with Crippen LogP contribution >= 0.6 is 0 Å². The lowest BCUT2D eigenvalue weighted by atomic mass is 9.93. The maximum Gasteiger partial charge on any atom is 0.326 e. The molecule has 110 valence electrons. The Morgan fingerprint density at radius 1 is 1.60 bits per heavy atom. The van der Waals surface area contributed by atoms with Crippen molar-refractivity contribution in [3.63, 3.8) is 0 Å². The zero-order chi connectivity index (χ0) is 14.5. The number of urea groups is 1. The van der Waals surface area contributed by atoms with Crippen LogP contribution in [0.2, 0.25) is 0 Å². The molecule has 2 heterocycles. The van der Waals surface area contributed by atoms with Crippen LogP contribution in [-0.2, 0) is 11.2 Å². The molecule has 1 fully saturated rings. The van der Waals surface area contributed by atoms with Gasteiger partial charge in [-0.1, -0.05) is 12.1 Å². The second-order valence-electron chi connectivity index (χ2n) is 5.01. The van der Waals surface area contributed by atoms with Gasteiger partial charge in [0.05, 0.1) is 0 Å². The minimum absolute atomic E-state index is 0.319. The number of hydrogen-bond donors (Lipinski definition) is 2. The average molecular weight is 282 g/mol. The van der Waals surface area contributed by atoms with E-state index in [1.54, 1.807) is 0 Å². The number of carbonyl (C=O) groups excluding carboxylic acids is 1. The van der Waals surface area contributed by atoms with E-state index in [9.17, 15) is 14.7 Å². The lowest BCUT2D eigenvalue weighted by Gasteiger charge is -2.35. The topological polar surface area (TPSA) is 109 Å². The van der Waals surface area contributed by atoms with Crippen molar-refractivity contribution in [3.05, 3.63) is 12.2 Å². The van der Waals surface area contributed by atoms with E-state index in [0.29, 0.717) is 37.7 Å². The van der Waals surface area contributed by atoms with Gasteiger partial charge in [-0.25, -0.2) is 9.59 Å². The number of nitrogens with one attached hydrogen (secondary N) is 1. The summed E-state index contributed by atoms with van der Waals surface area (Å²) in [6.07, 6.45) is 2.99. The molecule has 1 aromatic heterocycles. The summed E-state index contributed by atoms with van der Waals surface area (Å²) in [6.45, 7) is 2.81. The molecule has 0 saturated carbocycles. The quantitative estimate of drug-likeness (QED) is 0.832. The monoisotopic (exact) mass is 282 g/mol. The maximum absolute atomic E-state index is 12.0. The molecule has 2 N–H and O–H groups in total. The molecule has 20 heavy (non-hydrogen) atoms. The third-order valence-corrected chi connectivity index (χ3v) is 3.44. The highest BCUT2D eigenvalue weighted by atomic mass is 16.5. The number of piperidine rings is 1. The number of carboxylic acid groups (broad SMARTS) is 1. The molecule has 2 unspecified atom stereocenters. The first-order valence-electron chi connectivity index (χ1n) is 6.60. The third kappa shape index (κ3) is 3.46. The van der Waals surface area contributed by atoms with Crippen molar-refractivity contribution in [2.75, 3.05) is 13.1 Å². The van der Waals surface area contributed by atoms with Crippen LogP contribution in [0, 0.1) is 5.92 Å². The fourth-order valence-electron chi connectivity index (χ4n) is 2.30. The van der Waals surface area contributed by atoms with E-state index < -0.39 is 12.0 Å². The first-order valence-corrected chi connectivity index (χ1v) is 6.60. The average Bonchev–Trinajstić information content (AvgIpc) is 2.91. The minimum Gasteiger partial charge on any atom is -0.480 e. The van der Waals surface area contributed by atoms with Crippen LogP contribution in [-0.4, -0.2) is 51.3 Å². The molecule has 1 aliphatic heterocycles. The molecule has 2 amide bonds. The summed E-state index contributed by atoms with van der Waals surface area (Å²) in [4.78, 5) is 28.5. The lowest BCUT2D eigenvalue weighted by molar-refractivity contribution is -0.143.